The first-order chi connectivity index (χ1) is 13.3. The lowest BCUT2D eigenvalue weighted by molar-refractivity contribution is -0.112. The van der Waals surface area contributed by atoms with Crippen molar-refractivity contribution in [3.63, 3.8) is 0 Å². The van der Waals surface area contributed by atoms with Gasteiger partial charge in [-0.1, -0.05) is 23.5 Å². The van der Waals surface area contributed by atoms with Crippen LogP contribution in [0.5, 0.6) is 5.75 Å². The van der Waals surface area contributed by atoms with Gasteiger partial charge in [0.1, 0.15) is 17.4 Å². The molecule has 1 N–H and O–H groups in total. The van der Waals surface area contributed by atoms with Crippen LogP contribution < -0.4 is 10.1 Å². The van der Waals surface area contributed by atoms with Gasteiger partial charge in [0.05, 0.1) is 22.2 Å². The smallest absolute Gasteiger partial charge is 0.268 e. The Hall–Kier alpha value is -3.22. The molecule has 0 saturated heterocycles. The third kappa shape index (κ3) is 4.36. The third-order valence-electron chi connectivity index (χ3n) is 3.80. The van der Waals surface area contributed by atoms with Gasteiger partial charge in [0, 0.05) is 6.26 Å². The number of rotatable bonds is 5. The fraction of sp³-hybridized carbons (Fsp3) is 0.105. The van der Waals surface area contributed by atoms with E-state index in [0.29, 0.717) is 21.5 Å². The van der Waals surface area contributed by atoms with E-state index in [2.05, 4.69) is 10.3 Å². The number of nitrogens with one attached hydrogen (secondary N) is 1. The first-order valence-electron chi connectivity index (χ1n) is 7.98. The second kappa shape index (κ2) is 7.80. The van der Waals surface area contributed by atoms with Crippen LogP contribution >= 0.6 is 11.3 Å². The quantitative estimate of drug-likeness (QED) is 0.508. The van der Waals surface area contributed by atoms with Gasteiger partial charge in [-0.05, 0) is 42.0 Å². The number of carbonyl (C=O) groups is 1. The number of benzene rings is 2. The number of hydrogen-bond acceptors (Lipinski definition) is 7. The summed E-state index contributed by atoms with van der Waals surface area (Å²) >= 11 is 1.13. The molecule has 3 aromatic rings. The Morgan fingerprint density at radius 2 is 1.96 bits per heavy atom. The van der Waals surface area contributed by atoms with Crippen LogP contribution in [0.2, 0.25) is 0 Å². The first-order valence-corrected chi connectivity index (χ1v) is 10.7. The Morgan fingerprint density at radius 3 is 2.57 bits per heavy atom. The maximum atomic E-state index is 12.4. The molecule has 0 aliphatic rings. The van der Waals surface area contributed by atoms with Gasteiger partial charge in [0.2, 0.25) is 0 Å². The standard InChI is InChI=1S/C19H15N3O4S2/c1-26-14-5-3-12(4-6-14)9-13(11-20)18(23)22-19-21-16-8-7-15(28(2,24)25)10-17(16)27-19/h3-10H,1-2H3,(H,21,22,23)/b13-9+. The van der Waals surface area contributed by atoms with Gasteiger partial charge < -0.3 is 4.74 Å². The molecule has 1 heterocycles. The van der Waals surface area contributed by atoms with Crippen molar-refractivity contribution in [2.45, 2.75) is 4.90 Å². The van der Waals surface area contributed by atoms with Gasteiger partial charge >= 0.3 is 0 Å². The number of anilines is 1. The Morgan fingerprint density at radius 1 is 1.25 bits per heavy atom. The maximum absolute atomic E-state index is 12.4. The lowest BCUT2D eigenvalue weighted by atomic mass is 10.1. The molecule has 0 fully saturated rings. The number of carbonyl (C=O) groups excluding carboxylic acids is 1. The van der Waals surface area contributed by atoms with Crippen LogP contribution in [0.15, 0.2) is 52.9 Å². The maximum Gasteiger partial charge on any atom is 0.268 e. The van der Waals surface area contributed by atoms with Gasteiger partial charge in [0.25, 0.3) is 5.91 Å². The summed E-state index contributed by atoms with van der Waals surface area (Å²) in [7, 11) is -1.78. The number of amides is 1. The summed E-state index contributed by atoms with van der Waals surface area (Å²) in [4.78, 5) is 16.9. The van der Waals surface area contributed by atoms with E-state index in [0.717, 1.165) is 17.6 Å². The molecule has 0 aliphatic carbocycles. The Balaban J connectivity index is 1.84. The van der Waals surface area contributed by atoms with E-state index in [-0.39, 0.29) is 15.6 Å². The molecule has 0 aliphatic heterocycles. The van der Waals surface area contributed by atoms with E-state index < -0.39 is 15.7 Å². The van der Waals surface area contributed by atoms with Crippen LogP contribution in [-0.4, -0.2) is 32.7 Å². The van der Waals surface area contributed by atoms with Crippen LogP contribution in [0.4, 0.5) is 5.13 Å². The number of methoxy groups -OCH3 is 1. The normalized spacial score (nSPS) is 11.8. The predicted molar refractivity (Wildman–Crippen MR) is 108 cm³/mol. The molecule has 0 bridgehead atoms. The van der Waals surface area contributed by atoms with Gasteiger partial charge in [-0.15, -0.1) is 0 Å². The summed E-state index contributed by atoms with van der Waals surface area (Å²) in [6.07, 6.45) is 2.59. The molecule has 1 aromatic heterocycles. The minimum absolute atomic E-state index is 0.0822. The molecular weight excluding hydrogens is 398 g/mol. The molecule has 0 saturated carbocycles. The SMILES string of the molecule is COc1ccc(/C=C(\C#N)C(=O)Nc2nc3ccc(S(C)(=O)=O)cc3s2)cc1. The molecule has 0 spiro atoms. The number of fused-ring (bicyclic) bond motifs is 1. The van der Waals surface area contributed by atoms with Gasteiger partial charge in [0.15, 0.2) is 15.0 Å². The monoisotopic (exact) mass is 413 g/mol. The Kier molecular flexibility index (Phi) is 5.44. The second-order valence-corrected chi connectivity index (χ2v) is 8.86. The van der Waals surface area contributed by atoms with Gasteiger partial charge in [-0.25, -0.2) is 13.4 Å². The largest absolute Gasteiger partial charge is 0.497 e. The van der Waals surface area contributed by atoms with E-state index >= 15 is 0 Å². The lowest BCUT2D eigenvalue weighted by Gasteiger charge is -2.01. The second-order valence-electron chi connectivity index (χ2n) is 5.82. The molecule has 3 rings (SSSR count). The average molecular weight is 413 g/mol. The van der Waals surface area contributed by atoms with Gasteiger partial charge in [-0.2, -0.15) is 5.26 Å². The molecule has 7 nitrogen and oxygen atoms in total. The average Bonchev–Trinajstić information content (AvgIpc) is 3.07. The number of nitriles is 1. The molecule has 9 heteroatoms. The van der Waals surface area contributed by atoms with Crippen molar-refractivity contribution in [2.24, 2.45) is 0 Å². The highest BCUT2D eigenvalue weighted by atomic mass is 32.2. The van der Waals surface area contributed by atoms with Gasteiger partial charge in [-0.3, -0.25) is 10.1 Å². The number of thiazole rings is 1. The van der Waals surface area contributed by atoms with E-state index in [9.17, 15) is 18.5 Å². The number of ether oxygens (including phenoxy) is 1. The topological polar surface area (TPSA) is 109 Å². The Labute approximate surface area is 165 Å². The highest BCUT2D eigenvalue weighted by molar-refractivity contribution is 7.90. The van der Waals surface area contributed by atoms with Crippen molar-refractivity contribution < 1.29 is 17.9 Å². The van der Waals surface area contributed by atoms with E-state index in [4.69, 9.17) is 4.74 Å². The van der Waals surface area contributed by atoms with Crippen molar-refractivity contribution in [3.05, 3.63) is 53.6 Å². The Bertz CT molecular complexity index is 1220. The van der Waals surface area contributed by atoms with E-state index in [1.54, 1.807) is 37.4 Å². The van der Waals surface area contributed by atoms with Crippen LogP contribution in [0.1, 0.15) is 5.56 Å². The van der Waals surface area contributed by atoms with Crippen molar-refractivity contribution in [1.82, 2.24) is 4.98 Å². The zero-order valence-corrected chi connectivity index (χ0v) is 16.6. The fourth-order valence-corrected chi connectivity index (χ4v) is 3.99. The third-order valence-corrected chi connectivity index (χ3v) is 5.84. The predicted octanol–water partition coefficient (Wildman–Crippen LogP) is 3.25. The van der Waals surface area contributed by atoms with Crippen molar-refractivity contribution in [1.29, 1.82) is 5.26 Å². The lowest BCUT2D eigenvalue weighted by Crippen LogP contribution is -2.13. The summed E-state index contributed by atoms with van der Waals surface area (Å²) in [5, 5.41) is 12.2. The molecule has 0 unspecified atom stereocenters. The molecular formula is C19H15N3O4S2. The zero-order valence-electron chi connectivity index (χ0n) is 15.0. The zero-order chi connectivity index (χ0) is 20.3. The van der Waals surface area contributed by atoms with Crippen LogP contribution in [0, 0.1) is 11.3 Å². The molecule has 1 amide bonds. The molecule has 2 aromatic carbocycles. The highest BCUT2D eigenvalue weighted by Crippen LogP contribution is 2.28. The van der Waals surface area contributed by atoms with Crippen molar-refractivity contribution >= 4 is 48.5 Å². The highest BCUT2D eigenvalue weighted by Gasteiger charge is 2.14. The van der Waals surface area contributed by atoms with Crippen molar-refractivity contribution in [3.8, 4) is 11.8 Å². The fourth-order valence-electron chi connectivity index (χ4n) is 2.37. The first kappa shape index (κ1) is 19.5. The van der Waals surface area contributed by atoms with Crippen LogP contribution in [0.3, 0.4) is 0 Å². The van der Waals surface area contributed by atoms with E-state index in [1.165, 1.54) is 18.2 Å². The minimum atomic E-state index is -3.33. The van der Waals surface area contributed by atoms with Crippen LogP contribution in [0.25, 0.3) is 16.3 Å². The summed E-state index contributed by atoms with van der Waals surface area (Å²) in [5.41, 5.74) is 1.15. The summed E-state index contributed by atoms with van der Waals surface area (Å²) in [5.74, 6) is 0.0729. The van der Waals surface area contributed by atoms with E-state index in [1.807, 2.05) is 6.07 Å². The molecule has 142 valence electrons. The number of nitrogens with zero attached hydrogens (tertiary/aromatic N) is 2. The molecule has 28 heavy (non-hydrogen) atoms. The minimum Gasteiger partial charge on any atom is -0.497 e. The van der Waals surface area contributed by atoms with Crippen molar-refractivity contribution in [2.75, 3.05) is 18.7 Å². The summed E-state index contributed by atoms with van der Waals surface area (Å²) < 4.78 is 29.0. The molecule has 0 atom stereocenters. The number of sulfone groups is 1. The summed E-state index contributed by atoms with van der Waals surface area (Å²) in [6.45, 7) is 0. The number of hydrogen-bond donors (Lipinski definition) is 1. The number of aromatic nitrogens is 1. The van der Waals surface area contributed by atoms with Crippen LogP contribution in [-0.2, 0) is 14.6 Å². The molecule has 0 radical (unpaired) electrons. The summed E-state index contributed by atoms with van der Waals surface area (Å²) in [6, 6.07) is 13.3.